The van der Waals surface area contributed by atoms with Crippen molar-refractivity contribution in [2.75, 3.05) is 31.9 Å². The lowest BCUT2D eigenvalue weighted by Gasteiger charge is -2.19. The Labute approximate surface area is 152 Å². The monoisotopic (exact) mass is 361 g/mol. The first-order chi connectivity index (χ1) is 10.2. The molecule has 0 aliphatic carbocycles. The lowest BCUT2D eigenvalue weighted by molar-refractivity contribution is 0.0951. The van der Waals surface area contributed by atoms with Gasteiger partial charge >= 0.3 is 0 Å². The molecule has 1 saturated heterocycles. The van der Waals surface area contributed by atoms with Gasteiger partial charge in [0, 0.05) is 17.8 Å². The van der Waals surface area contributed by atoms with E-state index in [0.717, 1.165) is 25.1 Å². The van der Waals surface area contributed by atoms with E-state index < -0.39 is 0 Å². The first-order valence-electron chi connectivity index (χ1n) is 8.03. The van der Waals surface area contributed by atoms with Crippen molar-refractivity contribution in [1.82, 2.24) is 10.2 Å². The van der Waals surface area contributed by atoms with Crippen LogP contribution in [0.5, 0.6) is 0 Å². The number of nitrogen functional groups attached to an aromatic ring is 1. The standard InChI is InChI=1S/C17H27N3O.2ClH/c1-14-7-8-15(18)13-16(14)17(21)19-9-6-12-20-10-4-2-3-5-11-20;;/h7-8,13H,2-6,9-12,18H2,1H3,(H,19,21);2*1H. The van der Waals surface area contributed by atoms with E-state index in [1.165, 1.54) is 38.8 Å². The fourth-order valence-corrected chi connectivity index (χ4v) is 2.84. The summed E-state index contributed by atoms with van der Waals surface area (Å²) in [4.78, 5) is 14.7. The van der Waals surface area contributed by atoms with E-state index in [4.69, 9.17) is 5.73 Å². The highest BCUT2D eigenvalue weighted by atomic mass is 35.5. The molecule has 1 aliphatic heterocycles. The van der Waals surface area contributed by atoms with Gasteiger partial charge in [-0.3, -0.25) is 4.79 Å². The molecule has 0 saturated carbocycles. The minimum absolute atomic E-state index is 0. The number of anilines is 1. The normalized spacial score (nSPS) is 15.0. The van der Waals surface area contributed by atoms with Crippen molar-refractivity contribution in [3.63, 3.8) is 0 Å². The highest BCUT2D eigenvalue weighted by Crippen LogP contribution is 2.12. The minimum atomic E-state index is -0.0179. The summed E-state index contributed by atoms with van der Waals surface area (Å²) in [6.45, 7) is 6.16. The van der Waals surface area contributed by atoms with Crippen LogP contribution < -0.4 is 11.1 Å². The van der Waals surface area contributed by atoms with E-state index in [2.05, 4.69) is 10.2 Å². The maximum absolute atomic E-state index is 12.1. The van der Waals surface area contributed by atoms with Crippen LogP contribution in [0.4, 0.5) is 5.69 Å². The van der Waals surface area contributed by atoms with Crippen molar-refractivity contribution in [3.8, 4) is 0 Å². The van der Waals surface area contributed by atoms with Crippen LogP contribution in [-0.2, 0) is 0 Å². The highest BCUT2D eigenvalue weighted by molar-refractivity contribution is 5.96. The van der Waals surface area contributed by atoms with E-state index in [1.807, 2.05) is 19.1 Å². The number of amides is 1. The van der Waals surface area contributed by atoms with Gasteiger partial charge < -0.3 is 16.0 Å². The first-order valence-corrected chi connectivity index (χ1v) is 8.03. The van der Waals surface area contributed by atoms with Crippen LogP contribution in [0.2, 0.25) is 0 Å². The van der Waals surface area contributed by atoms with Gasteiger partial charge in [0.2, 0.25) is 0 Å². The number of nitrogens with one attached hydrogen (secondary N) is 1. The van der Waals surface area contributed by atoms with Crippen molar-refractivity contribution < 1.29 is 4.79 Å². The SMILES string of the molecule is Cc1ccc(N)cc1C(=O)NCCCN1CCCCCC1.Cl.Cl. The highest BCUT2D eigenvalue weighted by Gasteiger charge is 2.10. The van der Waals surface area contributed by atoms with Gasteiger partial charge in [0.05, 0.1) is 0 Å². The number of benzene rings is 1. The Morgan fingerprint density at radius 2 is 1.83 bits per heavy atom. The van der Waals surface area contributed by atoms with Crippen molar-refractivity contribution in [3.05, 3.63) is 29.3 Å². The average molecular weight is 362 g/mol. The number of likely N-dealkylation sites (tertiary alicyclic amines) is 1. The number of nitrogens with zero attached hydrogens (tertiary/aromatic N) is 1. The maximum atomic E-state index is 12.1. The van der Waals surface area contributed by atoms with Gasteiger partial charge in [-0.15, -0.1) is 24.8 Å². The second-order valence-corrected chi connectivity index (χ2v) is 5.94. The number of carbonyl (C=O) groups excluding carboxylic acids is 1. The topological polar surface area (TPSA) is 58.4 Å². The molecule has 132 valence electrons. The molecule has 1 aromatic rings. The molecule has 1 heterocycles. The number of carbonyl (C=O) groups is 1. The number of hydrogen-bond donors (Lipinski definition) is 2. The van der Waals surface area contributed by atoms with E-state index in [9.17, 15) is 4.79 Å². The summed E-state index contributed by atoms with van der Waals surface area (Å²) < 4.78 is 0. The molecule has 3 N–H and O–H groups in total. The molecule has 1 aromatic carbocycles. The van der Waals surface area contributed by atoms with Crippen LogP contribution in [-0.4, -0.2) is 37.0 Å². The third kappa shape index (κ3) is 7.42. The molecular formula is C17H29Cl2N3O. The fraction of sp³-hybridized carbons (Fsp3) is 0.588. The second-order valence-electron chi connectivity index (χ2n) is 5.94. The molecule has 4 nitrogen and oxygen atoms in total. The Morgan fingerprint density at radius 1 is 1.17 bits per heavy atom. The lowest BCUT2D eigenvalue weighted by Crippen LogP contribution is -2.30. The predicted molar refractivity (Wildman–Crippen MR) is 102 cm³/mol. The molecule has 0 aromatic heterocycles. The zero-order valence-electron chi connectivity index (χ0n) is 13.8. The largest absolute Gasteiger partial charge is 0.399 e. The van der Waals surface area contributed by atoms with Gasteiger partial charge in [-0.05, 0) is 63.5 Å². The van der Waals surface area contributed by atoms with Gasteiger partial charge in [0.1, 0.15) is 0 Å². The molecule has 2 rings (SSSR count). The summed E-state index contributed by atoms with van der Waals surface area (Å²) in [5, 5.41) is 3.00. The van der Waals surface area contributed by atoms with Crippen LogP contribution in [0.15, 0.2) is 18.2 Å². The Bertz CT molecular complexity index is 475. The number of halogens is 2. The Hall–Kier alpha value is -0.970. The third-order valence-electron chi connectivity index (χ3n) is 4.14. The zero-order chi connectivity index (χ0) is 15.1. The van der Waals surface area contributed by atoms with Crippen LogP contribution in [0.3, 0.4) is 0 Å². The molecule has 0 atom stereocenters. The Morgan fingerprint density at radius 3 is 2.48 bits per heavy atom. The molecule has 1 fully saturated rings. The van der Waals surface area contributed by atoms with Crippen molar-refractivity contribution in [1.29, 1.82) is 0 Å². The van der Waals surface area contributed by atoms with E-state index in [0.29, 0.717) is 11.3 Å². The maximum Gasteiger partial charge on any atom is 0.251 e. The number of rotatable bonds is 5. The molecule has 0 bridgehead atoms. The zero-order valence-corrected chi connectivity index (χ0v) is 15.5. The van der Waals surface area contributed by atoms with Crippen molar-refractivity contribution >= 4 is 36.4 Å². The number of aryl methyl sites for hydroxylation is 1. The third-order valence-corrected chi connectivity index (χ3v) is 4.14. The van der Waals surface area contributed by atoms with Gasteiger partial charge in [-0.25, -0.2) is 0 Å². The minimum Gasteiger partial charge on any atom is -0.399 e. The van der Waals surface area contributed by atoms with Crippen LogP contribution in [0.25, 0.3) is 0 Å². The summed E-state index contributed by atoms with van der Waals surface area (Å²) in [6, 6.07) is 5.46. The lowest BCUT2D eigenvalue weighted by atomic mass is 10.1. The van der Waals surface area contributed by atoms with E-state index >= 15 is 0 Å². The van der Waals surface area contributed by atoms with Crippen molar-refractivity contribution in [2.45, 2.75) is 39.0 Å². The molecule has 6 heteroatoms. The average Bonchev–Trinajstić information content (AvgIpc) is 2.74. The molecule has 1 aliphatic rings. The van der Waals surface area contributed by atoms with E-state index in [-0.39, 0.29) is 30.7 Å². The second kappa shape index (κ2) is 11.5. The van der Waals surface area contributed by atoms with E-state index in [1.54, 1.807) is 6.07 Å². The summed E-state index contributed by atoms with van der Waals surface area (Å²) in [5.41, 5.74) is 8.03. The number of nitrogens with two attached hydrogens (primary N) is 1. The van der Waals surface area contributed by atoms with Crippen LogP contribution in [0.1, 0.15) is 48.0 Å². The molecule has 1 amide bonds. The van der Waals surface area contributed by atoms with Crippen molar-refractivity contribution in [2.24, 2.45) is 0 Å². The predicted octanol–water partition coefficient (Wildman–Crippen LogP) is 3.42. The summed E-state index contributed by atoms with van der Waals surface area (Å²) in [7, 11) is 0. The van der Waals surface area contributed by atoms with Gasteiger partial charge in [0.25, 0.3) is 5.91 Å². The van der Waals surface area contributed by atoms with Crippen LogP contribution in [0, 0.1) is 6.92 Å². The first kappa shape index (κ1) is 22.0. The molecular weight excluding hydrogens is 333 g/mol. The van der Waals surface area contributed by atoms with Crippen LogP contribution >= 0.6 is 24.8 Å². The quantitative estimate of drug-likeness (QED) is 0.623. The van der Waals surface area contributed by atoms with Gasteiger partial charge in [-0.1, -0.05) is 18.9 Å². The smallest absolute Gasteiger partial charge is 0.251 e. The van der Waals surface area contributed by atoms with Gasteiger partial charge in [0.15, 0.2) is 0 Å². The van der Waals surface area contributed by atoms with Gasteiger partial charge in [-0.2, -0.15) is 0 Å². The Balaban J connectivity index is 0.00000242. The molecule has 0 unspecified atom stereocenters. The Kier molecular flexibility index (Phi) is 11.1. The molecule has 23 heavy (non-hydrogen) atoms. The molecule has 0 spiro atoms. The number of hydrogen-bond acceptors (Lipinski definition) is 3. The fourth-order valence-electron chi connectivity index (χ4n) is 2.84. The summed E-state index contributed by atoms with van der Waals surface area (Å²) in [5.74, 6) is -0.0179. The summed E-state index contributed by atoms with van der Waals surface area (Å²) >= 11 is 0. The summed E-state index contributed by atoms with van der Waals surface area (Å²) in [6.07, 6.45) is 6.36. The molecule has 0 radical (unpaired) electrons.